The molecule has 1 saturated heterocycles. The van der Waals surface area contributed by atoms with Gasteiger partial charge in [0.25, 0.3) is 0 Å². The van der Waals surface area contributed by atoms with Crippen molar-refractivity contribution >= 4 is 17.2 Å². The van der Waals surface area contributed by atoms with Crippen molar-refractivity contribution in [2.45, 2.75) is 38.6 Å². The van der Waals surface area contributed by atoms with Crippen LogP contribution in [0, 0.1) is 6.92 Å². The molecule has 2 aromatic heterocycles. The summed E-state index contributed by atoms with van der Waals surface area (Å²) in [5, 5.41) is 3.08. The average Bonchev–Trinajstić information content (AvgIpc) is 2.95. The van der Waals surface area contributed by atoms with Crippen molar-refractivity contribution in [3.05, 3.63) is 54.4 Å². The standard InChI is InChI=1S/C22H26N4O/c1-16-11-13-26-15-19(24-21(26)14-16)17-7-9-18(10-8-17)23-22(27)20-6-4-3-5-12-25(20)2/h7-11,13-15,20H,3-6,12H2,1-2H3,(H,23,27). The van der Waals surface area contributed by atoms with Gasteiger partial charge in [-0.15, -0.1) is 0 Å². The second-order valence-electron chi connectivity index (χ2n) is 7.51. The van der Waals surface area contributed by atoms with Crippen molar-refractivity contribution in [3.63, 3.8) is 0 Å². The van der Waals surface area contributed by atoms with Gasteiger partial charge < -0.3 is 9.72 Å². The molecule has 3 aromatic rings. The minimum Gasteiger partial charge on any atom is -0.325 e. The molecule has 3 heterocycles. The normalized spacial score (nSPS) is 18.4. The van der Waals surface area contributed by atoms with Crippen LogP contribution in [0.4, 0.5) is 5.69 Å². The number of likely N-dealkylation sites (tertiary alicyclic amines) is 1. The number of nitrogens with zero attached hydrogens (tertiary/aromatic N) is 3. The van der Waals surface area contributed by atoms with E-state index in [1.807, 2.05) is 48.1 Å². The maximum Gasteiger partial charge on any atom is 0.241 e. The van der Waals surface area contributed by atoms with E-state index < -0.39 is 0 Å². The van der Waals surface area contributed by atoms with Crippen molar-refractivity contribution in [1.82, 2.24) is 14.3 Å². The zero-order valence-electron chi connectivity index (χ0n) is 16.0. The Kier molecular flexibility index (Phi) is 4.94. The SMILES string of the molecule is Cc1ccn2cc(-c3ccc(NC(=O)C4CCCCCN4C)cc3)nc2c1. The lowest BCUT2D eigenvalue weighted by Gasteiger charge is -2.24. The van der Waals surface area contributed by atoms with E-state index in [-0.39, 0.29) is 11.9 Å². The number of imidazole rings is 1. The Hall–Kier alpha value is -2.66. The Morgan fingerprint density at radius 3 is 2.78 bits per heavy atom. The summed E-state index contributed by atoms with van der Waals surface area (Å²) in [7, 11) is 2.05. The predicted octanol–water partition coefficient (Wildman–Crippen LogP) is 4.12. The Bertz CT molecular complexity index is 945. The van der Waals surface area contributed by atoms with Crippen molar-refractivity contribution in [3.8, 4) is 11.3 Å². The van der Waals surface area contributed by atoms with E-state index >= 15 is 0 Å². The van der Waals surface area contributed by atoms with E-state index in [9.17, 15) is 4.79 Å². The van der Waals surface area contributed by atoms with Gasteiger partial charge in [-0.05, 0) is 63.2 Å². The first-order valence-electron chi connectivity index (χ1n) is 9.67. The molecule has 0 radical (unpaired) electrons. The lowest BCUT2D eigenvalue weighted by Crippen LogP contribution is -2.41. The maximum atomic E-state index is 12.7. The van der Waals surface area contributed by atoms with Crippen LogP contribution in [-0.4, -0.2) is 39.8 Å². The Labute approximate surface area is 160 Å². The van der Waals surface area contributed by atoms with Gasteiger partial charge >= 0.3 is 0 Å². The number of nitrogens with one attached hydrogen (secondary N) is 1. The van der Waals surface area contributed by atoms with Crippen molar-refractivity contribution in [2.75, 3.05) is 18.9 Å². The third kappa shape index (κ3) is 3.88. The molecule has 4 rings (SSSR count). The molecule has 1 amide bonds. The maximum absolute atomic E-state index is 12.7. The lowest BCUT2D eigenvalue weighted by atomic mass is 10.1. The number of aryl methyl sites for hydroxylation is 1. The van der Waals surface area contributed by atoms with Gasteiger partial charge in [0.15, 0.2) is 0 Å². The number of benzene rings is 1. The van der Waals surface area contributed by atoms with Gasteiger partial charge in [-0.2, -0.15) is 0 Å². The number of amides is 1. The summed E-state index contributed by atoms with van der Waals surface area (Å²) in [5.41, 5.74) is 4.95. The number of likely N-dealkylation sites (N-methyl/N-ethyl adjacent to an activating group) is 1. The van der Waals surface area contributed by atoms with Gasteiger partial charge in [-0.1, -0.05) is 25.0 Å². The van der Waals surface area contributed by atoms with E-state index in [1.54, 1.807) is 0 Å². The quantitative estimate of drug-likeness (QED) is 0.762. The minimum atomic E-state index is -0.0335. The highest BCUT2D eigenvalue weighted by Crippen LogP contribution is 2.23. The molecule has 140 valence electrons. The van der Waals surface area contributed by atoms with E-state index in [1.165, 1.54) is 18.4 Å². The van der Waals surface area contributed by atoms with Crippen LogP contribution in [0.1, 0.15) is 31.2 Å². The molecular weight excluding hydrogens is 336 g/mol. The number of aromatic nitrogens is 2. The number of rotatable bonds is 3. The number of hydrogen-bond donors (Lipinski definition) is 1. The van der Waals surface area contributed by atoms with Gasteiger partial charge in [0.2, 0.25) is 5.91 Å². The van der Waals surface area contributed by atoms with Crippen molar-refractivity contribution < 1.29 is 4.79 Å². The number of fused-ring (bicyclic) bond motifs is 1. The summed E-state index contributed by atoms with van der Waals surface area (Å²) in [5.74, 6) is 0.0929. The summed E-state index contributed by atoms with van der Waals surface area (Å²) in [6.07, 6.45) is 8.49. The van der Waals surface area contributed by atoms with E-state index in [0.717, 1.165) is 42.0 Å². The molecule has 0 saturated carbocycles. The first kappa shape index (κ1) is 17.7. The van der Waals surface area contributed by atoms with E-state index in [2.05, 4.69) is 29.3 Å². The number of hydrogen-bond acceptors (Lipinski definition) is 3. The van der Waals surface area contributed by atoms with E-state index in [4.69, 9.17) is 4.98 Å². The highest BCUT2D eigenvalue weighted by atomic mass is 16.2. The Balaban J connectivity index is 1.48. The lowest BCUT2D eigenvalue weighted by molar-refractivity contribution is -0.120. The van der Waals surface area contributed by atoms with Crippen LogP contribution < -0.4 is 5.32 Å². The average molecular weight is 362 g/mol. The second kappa shape index (κ2) is 7.53. The van der Waals surface area contributed by atoms with Crippen LogP contribution in [0.15, 0.2) is 48.8 Å². The molecule has 1 aliphatic rings. The van der Waals surface area contributed by atoms with Crippen LogP contribution in [0.25, 0.3) is 16.9 Å². The monoisotopic (exact) mass is 362 g/mol. The summed E-state index contributed by atoms with van der Waals surface area (Å²) in [6.45, 7) is 3.06. The molecule has 1 fully saturated rings. The molecule has 27 heavy (non-hydrogen) atoms. The minimum absolute atomic E-state index is 0.0335. The van der Waals surface area contributed by atoms with Gasteiger partial charge in [-0.3, -0.25) is 9.69 Å². The summed E-state index contributed by atoms with van der Waals surface area (Å²) in [6, 6.07) is 12.1. The highest BCUT2D eigenvalue weighted by Gasteiger charge is 2.24. The fraction of sp³-hybridized carbons (Fsp3) is 0.364. The number of carbonyl (C=O) groups is 1. The number of pyridine rings is 1. The number of carbonyl (C=O) groups excluding carboxylic acids is 1. The van der Waals surface area contributed by atoms with Gasteiger partial charge in [0.05, 0.1) is 11.7 Å². The highest BCUT2D eigenvalue weighted by molar-refractivity contribution is 5.95. The van der Waals surface area contributed by atoms with Crippen molar-refractivity contribution in [1.29, 1.82) is 0 Å². The summed E-state index contributed by atoms with van der Waals surface area (Å²) >= 11 is 0. The molecule has 1 N–H and O–H groups in total. The first-order valence-corrected chi connectivity index (χ1v) is 9.67. The van der Waals surface area contributed by atoms with Gasteiger partial charge in [-0.25, -0.2) is 4.98 Å². The molecule has 0 bridgehead atoms. The van der Waals surface area contributed by atoms with Crippen LogP contribution in [0.5, 0.6) is 0 Å². The second-order valence-corrected chi connectivity index (χ2v) is 7.51. The molecule has 1 aliphatic heterocycles. The van der Waals surface area contributed by atoms with Crippen LogP contribution >= 0.6 is 0 Å². The molecule has 0 spiro atoms. The molecule has 5 nitrogen and oxygen atoms in total. The van der Waals surface area contributed by atoms with Crippen molar-refractivity contribution in [2.24, 2.45) is 0 Å². The molecule has 1 atom stereocenters. The zero-order valence-corrected chi connectivity index (χ0v) is 16.0. The zero-order chi connectivity index (χ0) is 18.8. The first-order chi connectivity index (χ1) is 13.1. The topological polar surface area (TPSA) is 49.6 Å². The Morgan fingerprint density at radius 2 is 1.96 bits per heavy atom. The smallest absolute Gasteiger partial charge is 0.241 e. The number of anilines is 1. The molecule has 0 aliphatic carbocycles. The molecular formula is C22H26N4O. The van der Waals surface area contributed by atoms with E-state index in [0.29, 0.717) is 0 Å². The summed E-state index contributed by atoms with van der Waals surface area (Å²) in [4.78, 5) is 19.5. The van der Waals surface area contributed by atoms with Crippen LogP contribution in [0.2, 0.25) is 0 Å². The van der Waals surface area contributed by atoms with Gasteiger partial charge in [0.1, 0.15) is 5.65 Å². The molecule has 1 unspecified atom stereocenters. The predicted molar refractivity (Wildman–Crippen MR) is 109 cm³/mol. The third-order valence-corrected chi connectivity index (χ3v) is 5.39. The Morgan fingerprint density at radius 1 is 1.15 bits per heavy atom. The summed E-state index contributed by atoms with van der Waals surface area (Å²) < 4.78 is 2.03. The van der Waals surface area contributed by atoms with Gasteiger partial charge in [0, 0.05) is 23.6 Å². The molecule has 5 heteroatoms. The molecule has 1 aromatic carbocycles. The third-order valence-electron chi connectivity index (χ3n) is 5.39. The van der Waals surface area contributed by atoms with Crippen LogP contribution in [0.3, 0.4) is 0 Å². The van der Waals surface area contributed by atoms with Crippen LogP contribution in [-0.2, 0) is 4.79 Å². The largest absolute Gasteiger partial charge is 0.325 e. The fourth-order valence-corrected chi connectivity index (χ4v) is 3.76. The fourth-order valence-electron chi connectivity index (χ4n) is 3.76.